The highest BCUT2D eigenvalue weighted by molar-refractivity contribution is 5.94. The predicted molar refractivity (Wildman–Crippen MR) is 117 cm³/mol. The van der Waals surface area contributed by atoms with Crippen LogP contribution in [0.2, 0.25) is 0 Å². The summed E-state index contributed by atoms with van der Waals surface area (Å²) in [5.41, 5.74) is 1.48. The predicted octanol–water partition coefficient (Wildman–Crippen LogP) is 3.16. The van der Waals surface area contributed by atoms with E-state index in [4.69, 9.17) is 14.2 Å². The second kappa shape index (κ2) is 12.7. The molecule has 2 aromatic carbocycles. The van der Waals surface area contributed by atoms with Crippen LogP contribution in [0.15, 0.2) is 48.5 Å². The Bertz CT molecular complexity index is 924. The highest BCUT2D eigenvalue weighted by Gasteiger charge is 2.11. The monoisotopic (exact) mass is 442 g/mol. The van der Waals surface area contributed by atoms with Crippen LogP contribution in [0.4, 0.5) is 11.4 Å². The first kappa shape index (κ1) is 24.4. The van der Waals surface area contributed by atoms with Crippen LogP contribution < -0.4 is 15.4 Å². The summed E-state index contributed by atoms with van der Waals surface area (Å²) in [4.78, 5) is 47.2. The van der Waals surface area contributed by atoms with Gasteiger partial charge in [-0.2, -0.15) is 0 Å². The van der Waals surface area contributed by atoms with Crippen LogP contribution in [-0.2, 0) is 23.9 Å². The minimum absolute atomic E-state index is 0.00499. The molecule has 0 aliphatic carbocycles. The van der Waals surface area contributed by atoms with Gasteiger partial charge in [-0.1, -0.05) is 0 Å². The van der Waals surface area contributed by atoms with Gasteiger partial charge in [0, 0.05) is 24.2 Å². The van der Waals surface area contributed by atoms with Crippen molar-refractivity contribution in [2.75, 3.05) is 31.0 Å². The van der Waals surface area contributed by atoms with Crippen LogP contribution in [0.3, 0.4) is 0 Å². The van der Waals surface area contributed by atoms with Gasteiger partial charge in [-0.3, -0.25) is 14.4 Å². The number of carbonyl (C=O) groups is 4. The van der Waals surface area contributed by atoms with Gasteiger partial charge in [0.1, 0.15) is 5.75 Å². The van der Waals surface area contributed by atoms with E-state index in [0.29, 0.717) is 22.7 Å². The van der Waals surface area contributed by atoms with Gasteiger partial charge in [0.2, 0.25) is 5.91 Å². The molecule has 2 aromatic rings. The Morgan fingerprint density at radius 3 is 1.97 bits per heavy atom. The highest BCUT2D eigenvalue weighted by atomic mass is 16.5. The average Bonchev–Trinajstić information content (AvgIpc) is 2.79. The Morgan fingerprint density at radius 2 is 1.38 bits per heavy atom. The molecule has 0 aliphatic rings. The number of nitrogens with one attached hydrogen (secondary N) is 2. The minimum Gasteiger partial charge on any atom is -0.497 e. The van der Waals surface area contributed by atoms with Crippen molar-refractivity contribution in [3.63, 3.8) is 0 Å². The first-order valence-electron chi connectivity index (χ1n) is 10.1. The van der Waals surface area contributed by atoms with E-state index in [9.17, 15) is 19.2 Å². The van der Waals surface area contributed by atoms with Crippen molar-refractivity contribution < 1.29 is 33.4 Å². The number of hydrogen-bond donors (Lipinski definition) is 2. The number of methoxy groups -OCH3 is 1. The largest absolute Gasteiger partial charge is 0.497 e. The van der Waals surface area contributed by atoms with Gasteiger partial charge in [-0.15, -0.1) is 0 Å². The molecular formula is C23H26N2O7. The molecule has 9 heteroatoms. The minimum atomic E-state index is -0.568. The maximum Gasteiger partial charge on any atom is 0.338 e. The summed E-state index contributed by atoms with van der Waals surface area (Å²) in [6, 6.07) is 13.0. The molecule has 0 fully saturated rings. The smallest absolute Gasteiger partial charge is 0.338 e. The molecule has 2 rings (SSSR count). The van der Waals surface area contributed by atoms with E-state index in [1.165, 1.54) is 0 Å². The van der Waals surface area contributed by atoms with Crippen molar-refractivity contribution >= 4 is 35.1 Å². The topological polar surface area (TPSA) is 120 Å². The number of anilines is 2. The molecular weight excluding hydrogens is 416 g/mol. The third-order valence-electron chi connectivity index (χ3n) is 4.20. The Labute approximate surface area is 186 Å². The van der Waals surface area contributed by atoms with Gasteiger partial charge in [0.15, 0.2) is 6.61 Å². The lowest BCUT2D eigenvalue weighted by Gasteiger charge is -2.08. The molecule has 0 spiro atoms. The summed E-state index contributed by atoms with van der Waals surface area (Å²) in [7, 11) is 1.54. The van der Waals surface area contributed by atoms with Gasteiger partial charge >= 0.3 is 11.9 Å². The molecule has 32 heavy (non-hydrogen) atoms. The van der Waals surface area contributed by atoms with Crippen LogP contribution in [0, 0.1) is 0 Å². The summed E-state index contributed by atoms with van der Waals surface area (Å²) >= 11 is 0. The van der Waals surface area contributed by atoms with Crippen molar-refractivity contribution in [3.8, 4) is 5.75 Å². The fourth-order valence-corrected chi connectivity index (χ4v) is 2.61. The summed E-state index contributed by atoms with van der Waals surface area (Å²) in [5, 5.41) is 5.29. The lowest BCUT2D eigenvalue weighted by Crippen LogP contribution is -2.21. The van der Waals surface area contributed by atoms with Crippen molar-refractivity contribution in [2.24, 2.45) is 0 Å². The van der Waals surface area contributed by atoms with Gasteiger partial charge in [-0.05, 0) is 61.9 Å². The summed E-state index contributed by atoms with van der Waals surface area (Å²) in [6.45, 7) is 1.59. The zero-order chi connectivity index (χ0) is 23.3. The third-order valence-corrected chi connectivity index (χ3v) is 4.20. The van der Waals surface area contributed by atoms with E-state index < -0.39 is 24.5 Å². The van der Waals surface area contributed by atoms with E-state index in [1.54, 1.807) is 62.6 Å². The van der Waals surface area contributed by atoms with Gasteiger partial charge in [0.05, 0.1) is 19.3 Å². The van der Waals surface area contributed by atoms with E-state index >= 15 is 0 Å². The van der Waals surface area contributed by atoms with Crippen LogP contribution in [-0.4, -0.2) is 44.1 Å². The van der Waals surface area contributed by atoms with Crippen LogP contribution in [0.1, 0.15) is 36.5 Å². The Morgan fingerprint density at radius 1 is 0.781 bits per heavy atom. The molecule has 2 N–H and O–H groups in total. The number of rotatable bonds is 11. The van der Waals surface area contributed by atoms with Crippen LogP contribution >= 0.6 is 0 Å². The van der Waals surface area contributed by atoms with Crippen molar-refractivity contribution in [2.45, 2.75) is 26.2 Å². The molecule has 0 atom stereocenters. The molecule has 170 valence electrons. The SMILES string of the molecule is CCOC(=O)c1ccc(NC(=O)CCCC(=O)OCC(=O)Nc2ccc(OC)cc2)cc1. The number of hydrogen-bond acceptors (Lipinski definition) is 7. The Balaban J connectivity index is 1.63. The lowest BCUT2D eigenvalue weighted by atomic mass is 10.2. The molecule has 0 saturated heterocycles. The summed E-state index contributed by atoms with van der Waals surface area (Å²) in [6.07, 6.45) is 0.378. The first-order valence-corrected chi connectivity index (χ1v) is 10.1. The summed E-state index contributed by atoms with van der Waals surface area (Å²) < 4.78 is 14.9. The number of carbonyl (C=O) groups excluding carboxylic acids is 4. The average molecular weight is 442 g/mol. The maximum atomic E-state index is 12.0. The quantitative estimate of drug-likeness (QED) is 0.513. The zero-order valence-corrected chi connectivity index (χ0v) is 18.0. The lowest BCUT2D eigenvalue weighted by molar-refractivity contribution is -0.147. The van der Waals surface area contributed by atoms with Gasteiger partial charge < -0.3 is 24.8 Å². The number of esters is 2. The van der Waals surface area contributed by atoms with E-state index in [0.717, 1.165) is 0 Å². The molecule has 9 nitrogen and oxygen atoms in total. The molecule has 0 saturated carbocycles. The molecule has 0 aliphatic heterocycles. The number of amides is 2. The summed E-state index contributed by atoms with van der Waals surface area (Å²) in [5.74, 6) is -1.08. The van der Waals surface area contributed by atoms with Crippen LogP contribution in [0.5, 0.6) is 5.75 Å². The van der Waals surface area contributed by atoms with E-state index in [2.05, 4.69) is 10.6 Å². The van der Waals surface area contributed by atoms with Crippen molar-refractivity contribution in [3.05, 3.63) is 54.1 Å². The molecule has 0 bridgehead atoms. The van der Waals surface area contributed by atoms with Gasteiger partial charge in [-0.25, -0.2) is 4.79 Å². The highest BCUT2D eigenvalue weighted by Crippen LogP contribution is 2.15. The van der Waals surface area contributed by atoms with Crippen molar-refractivity contribution in [1.82, 2.24) is 0 Å². The first-order chi connectivity index (χ1) is 15.4. The fraction of sp³-hybridized carbons (Fsp3) is 0.304. The Hall–Kier alpha value is -3.88. The second-order valence-electron chi connectivity index (χ2n) is 6.64. The molecule has 2 amide bonds. The van der Waals surface area contributed by atoms with E-state index in [1.807, 2.05) is 0 Å². The van der Waals surface area contributed by atoms with Gasteiger partial charge in [0.25, 0.3) is 5.91 Å². The normalized spacial score (nSPS) is 10.1. The third kappa shape index (κ3) is 8.47. The van der Waals surface area contributed by atoms with Crippen molar-refractivity contribution in [1.29, 1.82) is 0 Å². The number of ether oxygens (including phenoxy) is 3. The zero-order valence-electron chi connectivity index (χ0n) is 18.0. The molecule has 0 heterocycles. The molecule has 0 unspecified atom stereocenters. The fourth-order valence-electron chi connectivity index (χ4n) is 2.61. The standard InChI is InChI=1S/C23H26N2O7/c1-3-31-23(29)16-7-9-17(10-8-16)24-20(26)5-4-6-22(28)32-15-21(27)25-18-11-13-19(30-2)14-12-18/h7-14H,3-6,15H2,1-2H3,(H,24,26)(H,25,27). The van der Waals surface area contributed by atoms with E-state index in [-0.39, 0.29) is 31.8 Å². The number of benzene rings is 2. The van der Waals surface area contributed by atoms with Crippen LogP contribution in [0.25, 0.3) is 0 Å². The maximum absolute atomic E-state index is 12.0. The molecule has 0 radical (unpaired) electrons. The second-order valence-corrected chi connectivity index (χ2v) is 6.64. The Kier molecular flexibility index (Phi) is 9.70. The molecule has 0 aromatic heterocycles.